The van der Waals surface area contributed by atoms with Gasteiger partial charge in [0, 0.05) is 32.1 Å². The van der Waals surface area contributed by atoms with Gasteiger partial charge in [-0.05, 0) is 43.2 Å². The van der Waals surface area contributed by atoms with E-state index in [0.29, 0.717) is 24.9 Å². The second-order valence-corrected chi connectivity index (χ2v) is 7.52. The predicted octanol–water partition coefficient (Wildman–Crippen LogP) is 2.41. The second-order valence-electron chi connectivity index (χ2n) is 7.52. The summed E-state index contributed by atoms with van der Waals surface area (Å²) in [6.45, 7) is 2.18. The molecule has 1 aliphatic carbocycles. The van der Waals surface area contributed by atoms with Crippen molar-refractivity contribution in [3.05, 3.63) is 29.8 Å². The number of ether oxygens (including phenoxy) is 1. The van der Waals surface area contributed by atoms with E-state index in [0.717, 1.165) is 44.5 Å². The number of rotatable bonds is 4. The van der Waals surface area contributed by atoms with Gasteiger partial charge in [0.25, 0.3) is 0 Å². The van der Waals surface area contributed by atoms with Gasteiger partial charge in [0.1, 0.15) is 5.75 Å². The van der Waals surface area contributed by atoms with Crippen molar-refractivity contribution in [2.45, 2.75) is 44.1 Å². The van der Waals surface area contributed by atoms with Crippen LogP contribution in [-0.2, 0) is 9.59 Å². The highest BCUT2D eigenvalue weighted by molar-refractivity contribution is 5.89. The van der Waals surface area contributed by atoms with Gasteiger partial charge in [-0.25, -0.2) is 0 Å². The predicted molar refractivity (Wildman–Crippen MR) is 94.4 cm³/mol. The number of hydrogen-bond acceptors (Lipinski definition) is 3. The average Bonchev–Trinajstić information content (AvgIpc) is 3.43. The van der Waals surface area contributed by atoms with Crippen molar-refractivity contribution >= 4 is 11.8 Å². The molecule has 0 radical (unpaired) electrons. The molecule has 1 saturated carbocycles. The Kier molecular flexibility index (Phi) is 4.40. The highest BCUT2D eigenvalue weighted by Gasteiger charge is 2.43. The zero-order chi connectivity index (χ0) is 17.4. The van der Waals surface area contributed by atoms with Crippen molar-refractivity contribution < 1.29 is 14.3 Å². The lowest BCUT2D eigenvalue weighted by molar-refractivity contribution is -0.136. The molecule has 1 atom stereocenters. The summed E-state index contributed by atoms with van der Waals surface area (Å²) in [5.74, 6) is 1.60. The lowest BCUT2D eigenvalue weighted by Crippen LogP contribution is -2.42. The van der Waals surface area contributed by atoms with Crippen LogP contribution < -0.4 is 4.74 Å². The molecule has 2 saturated heterocycles. The van der Waals surface area contributed by atoms with Gasteiger partial charge < -0.3 is 14.5 Å². The zero-order valence-corrected chi connectivity index (χ0v) is 14.8. The monoisotopic (exact) mass is 342 g/mol. The van der Waals surface area contributed by atoms with Crippen LogP contribution in [0, 0.1) is 5.92 Å². The first-order valence-electron chi connectivity index (χ1n) is 9.38. The molecule has 2 aliphatic heterocycles. The number of amides is 2. The number of carbonyl (C=O) groups excluding carboxylic acids is 2. The van der Waals surface area contributed by atoms with Crippen LogP contribution in [0.25, 0.3) is 0 Å². The van der Waals surface area contributed by atoms with E-state index in [1.807, 2.05) is 28.0 Å². The molecule has 1 aromatic carbocycles. The molecule has 3 aliphatic rings. The van der Waals surface area contributed by atoms with Crippen molar-refractivity contribution in [2.75, 3.05) is 26.7 Å². The average molecular weight is 342 g/mol. The third-order valence-corrected chi connectivity index (χ3v) is 5.88. The highest BCUT2D eigenvalue weighted by Crippen LogP contribution is 2.36. The summed E-state index contributed by atoms with van der Waals surface area (Å²) in [5, 5.41) is 0. The van der Waals surface area contributed by atoms with Gasteiger partial charge in [-0.1, -0.05) is 18.2 Å². The molecule has 2 heterocycles. The molecule has 3 fully saturated rings. The quantitative estimate of drug-likeness (QED) is 0.844. The minimum Gasteiger partial charge on any atom is -0.496 e. The number of piperidine rings is 1. The Hall–Kier alpha value is -2.04. The zero-order valence-electron chi connectivity index (χ0n) is 14.8. The minimum absolute atomic E-state index is 0.129. The summed E-state index contributed by atoms with van der Waals surface area (Å²) < 4.78 is 5.48. The van der Waals surface area contributed by atoms with Crippen LogP contribution in [0.5, 0.6) is 5.75 Å². The Morgan fingerprint density at radius 1 is 1.12 bits per heavy atom. The molecule has 25 heavy (non-hydrogen) atoms. The lowest BCUT2D eigenvalue weighted by Gasteiger charge is -2.34. The smallest absolute Gasteiger partial charge is 0.227 e. The maximum atomic E-state index is 12.8. The van der Waals surface area contributed by atoms with Crippen LogP contribution >= 0.6 is 0 Å². The molecule has 2 amide bonds. The van der Waals surface area contributed by atoms with Crippen molar-refractivity contribution in [3.8, 4) is 5.75 Å². The number of likely N-dealkylation sites (tertiary alicyclic amines) is 2. The van der Waals surface area contributed by atoms with Gasteiger partial charge in [0.05, 0.1) is 13.0 Å². The number of para-hydroxylation sites is 1. The summed E-state index contributed by atoms with van der Waals surface area (Å²) in [4.78, 5) is 28.8. The Labute approximate surface area is 148 Å². The lowest BCUT2D eigenvalue weighted by atomic mass is 9.88. The topological polar surface area (TPSA) is 49.9 Å². The van der Waals surface area contributed by atoms with Crippen LogP contribution in [0.3, 0.4) is 0 Å². The maximum Gasteiger partial charge on any atom is 0.227 e. The first-order valence-corrected chi connectivity index (χ1v) is 9.38. The molecular weight excluding hydrogens is 316 g/mol. The minimum atomic E-state index is -0.129. The Morgan fingerprint density at radius 2 is 1.84 bits per heavy atom. The van der Waals surface area contributed by atoms with Gasteiger partial charge >= 0.3 is 0 Å². The maximum absolute atomic E-state index is 12.8. The van der Waals surface area contributed by atoms with Crippen molar-refractivity contribution in [3.63, 3.8) is 0 Å². The molecule has 5 nitrogen and oxygen atoms in total. The molecular formula is C20H26N2O3. The fraction of sp³-hybridized carbons (Fsp3) is 0.600. The molecule has 1 aromatic rings. The first kappa shape index (κ1) is 16.4. The molecule has 5 heteroatoms. The molecule has 4 rings (SSSR count). The Morgan fingerprint density at radius 3 is 2.52 bits per heavy atom. The number of carbonyl (C=O) groups is 2. The summed E-state index contributed by atoms with van der Waals surface area (Å²) in [5.41, 5.74) is 1.24. The van der Waals surface area contributed by atoms with E-state index >= 15 is 0 Å². The van der Waals surface area contributed by atoms with E-state index in [1.165, 1.54) is 5.56 Å². The molecule has 0 aromatic heterocycles. The van der Waals surface area contributed by atoms with Crippen LogP contribution in [0.4, 0.5) is 0 Å². The Balaban J connectivity index is 1.35. The van der Waals surface area contributed by atoms with Crippen LogP contribution in [0.2, 0.25) is 0 Å². The normalized spacial score (nSPS) is 24.7. The summed E-state index contributed by atoms with van der Waals surface area (Å²) in [7, 11) is 1.71. The highest BCUT2D eigenvalue weighted by atomic mass is 16.5. The first-order chi connectivity index (χ1) is 12.2. The summed E-state index contributed by atoms with van der Waals surface area (Å²) >= 11 is 0. The van der Waals surface area contributed by atoms with E-state index in [2.05, 4.69) is 6.07 Å². The molecule has 134 valence electrons. The van der Waals surface area contributed by atoms with Gasteiger partial charge in [-0.3, -0.25) is 9.59 Å². The van der Waals surface area contributed by atoms with E-state index in [9.17, 15) is 9.59 Å². The van der Waals surface area contributed by atoms with Crippen LogP contribution in [0.15, 0.2) is 24.3 Å². The number of methoxy groups -OCH3 is 1. The molecule has 0 N–H and O–H groups in total. The fourth-order valence-electron chi connectivity index (χ4n) is 4.31. The Bertz CT molecular complexity index is 663. The third-order valence-electron chi connectivity index (χ3n) is 5.88. The summed E-state index contributed by atoms with van der Waals surface area (Å²) in [6, 6.07) is 8.59. The van der Waals surface area contributed by atoms with Gasteiger partial charge in [-0.15, -0.1) is 0 Å². The van der Waals surface area contributed by atoms with Gasteiger partial charge in [-0.2, -0.15) is 0 Å². The largest absolute Gasteiger partial charge is 0.496 e. The van der Waals surface area contributed by atoms with Gasteiger partial charge in [0.2, 0.25) is 11.8 Å². The van der Waals surface area contributed by atoms with Crippen LogP contribution in [-0.4, -0.2) is 54.4 Å². The van der Waals surface area contributed by atoms with Crippen molar-refractivity contribution in [1.29, 1.82) is 0 Å². The number of hydrogen-bond donors (Lipinski definition) is 0. The molecule has 0 bridgehead atoms. The second kappa shape index (κ2) is 6.70. The fourth-order valence-corrected chi connectivity index (χ4v) is 4.31. The molecule has 0 spiro atoms. The number of benzene rings is 1. The van der Waals surface area contributed by atoms with E-state index < -0.39 is 0 Å². The van der Waals surface area contributed by atoms with E-state index in [4.69, 9.17) is 4.74 Å². The van der Waals surface area contributed by atoms with Crippen molar-refractivity contribution in [1.82, 2.24) is 9.80 Å². The standard InChI is InChI=1S/C20H26N2O3/c1-25-18-5-3-2-4-17(18)14-8-10-21(11-9-14)20(24)15-12-19(23)22(13-15)16-6-7-16/h2-5,14-16H,6-13H2,1H3/t15-/m1/s1. The van der Waals surface area contributed by atoms with Gasteiger partial charge in [0.15, 0.2) is 0 Å². The van der Waals surface area contributed by atoms with Crippen molar-refractivity contribution in [2.24, 2.45) is 5.92 Å². The summed E-state index contributed by atoms with van der Waals surface area (Å²) in [6.07, 6.45) is 4.54. The van der Waals surface area contributed by atoms with E-state index in [-0.39, 0.29) is 17.7 Å². The van der Waals surface area contributed by atoms with E-state index in [1.54, 1.807) is 7.11 Å². The number of nitrogens with zero attached hydrogens (tertiary/aromatic N) is 2. The SMILES string of the molecule is COc1ccccc1C1CCN(C(=O)[C@@H]2CC(=O)N(C3CC3)C2)CC1. The van der Waals surface area contributed by atoms with Crippen LogP contribution in [0.1, 0.15) is 43.6 Å². The molecule has 0 unspecified atom stereocenters. The third kappa shape index (κ3) is 3.24.